The van der Waals surface area contributed by atoms with Crippen molar-refractivity contribution in [2.24, 2.45) is 0 Å². The van der Waals surface area contributed by atoms with E-state index in [1.807, 2.05) is 20.8 Å². The van der Waals surface area contributed by atoms with Gasteiger partial charge in [0.25, 0.3) is 0 Å². The summed E-state index contributed by atoms with van der Waals surface area (Å²) in [6.07, 6.45) is 4.37. The lowest BCUT2D eigenvalue weighted by Crippen LogP contribution is -2.66. The molecule has 1 unspecified atom stereocenters. The number of hydrogen-bond donors (Lipinski definition) is 2. The van der Waals surface area contributed by atoms with Gasteiger partial charge in [-0.05, 0) is 64.0 Å². The van der Waals surface area contributed by atoms with Crippen molar-refractivity contribution in [3.8, 4) is 6.07 Å². The van der Waals surface area contributed by atoms with E-state index < -0.39 is 28.9 Å². The van der Waals surface area contributed by atoms with Crippen LogP contribution in [0.4, 0.5) is 4.79 Å². The minimum absolute atomic E-state index is 0.132. The summed E-state index contributed by atoms with van der Waals surface area (Å²) < 4.78 is 11.6. The molecule has 3 fully saturated rings. The van der Waals surface area contributed by atoms with Crippen LogP contribution in [0.3, 0.4) is 0 Å². The van der Waals surface area contributed by atoms with Crippen LogP contribution in [0.15, 0.2) is 6.20 Å². The maximum absolute atomic E-state index is 12.3. The highest BCUT2D eigenvalue weighted by Gasteiger charge is 2.54. The Morgan fingerprint density at radius 3 is 2.66 bits per heavy atom. The lowest BCUT2D eigenvalue weighted by atomic mass is 9.68. The minimum Gasteiger partial charge on any atom is -0.444 e. The number of nitriles is 1. The van der Waals surface area contributed by atoms with E-state index in [0.29, 0.717) is 56.3 Å². The summed E-state index contributed by atoms with van der Waals surface area (Å²) in [5.74, 6) is 0.132. The van der Waals surface area contributed by atoms with Crippen LogP contribution in [-0.4, -0.2) is 51.4 Å². The number of hydrogen-bond acceptors (Lipinski definition) is 7. The predicted octanol–water partition coefficient (Wildman–Crippen LogP) is 2.52. The monoisotopic (exact) mass is 441 g/mol. The van der Waals surface area contributed by atoms with Crippen LogP contribution < -0.4 is 5.32 Å². The summed E-state index contributed by atoms with van der Waals surface area (Å²) in [5, 5.41) is 23.8. The van der Waals surface area contributed by atoms with Gasteiger partial charge in [-0.3, -0.25) is 9.78 Å². The van der Waals surface area contributed by atoms with E-state index in [1.54, 1.807) is 6.20 Å². The predicted molar refractivity (Wildman–Crippen MR) is 115 cm³/mol. The largest absolute Gasteiger partial charge is 0.444 e. The number of alkyl carbamates (subject to hydrolysis) is 1. The standard InChI is InChI=1S/C24H31N3O5/c1-22(2,3)32-21(30)27-23-6-8-24(9-7-23,31-14-23)20(29)11-17-15(12-25)13-26-19-5-4-16(28)10-18(17)19/h13,20,29H,4-11,14H2,1-3H3,(H,27,30). The SMILES string of the molecule is CC(C)(C)OC(=O)NC12CCC(C(O)Cc3c(C#N)cnc4c3CC(=O)CC4)(CC1)OC2. The molecule has 8 nitrogen and oxygen atoms in total. The van der Waals surface area contributed by atoms with Crippen LogP contribution in [0.1, 0.15) is 75.3 Å². The Morgan fingerprint density at radius 1 is 1.34 bits per heavy atom. The van der Waals surface area contributed by atoms with E-state index in [1.165, 1.54) is 0 Å². The number of aryl methyl sites for hydroxylation is 1. The van der Waals surface area contributed by atoms with Crippen molar-refractivity contribution < 1.29 is 24.2 Å². The van der Waals surface area contributed by atoms with Crippen LogP contribution >= 0.6 is 0 Å². The zero-order valence-electron chi connectivity index (χ0n) is 19.0. The second kappa shape index (κ2) is 8.13. The van der Waals surface area contributed by atoms with E-state index >= 15 is 0 Å². The normalized spacial score (nSPS) is 27.9. The van der Waals surface area contributed by atoms with Gasteiger partial charge in [0.1, 0.15) is 17.5 Å². The highest BCUT2D eigenvalue weighted by molar-refractivity contribution is 5.83. The van der Waals surface area contributed by atoms with E-state index in [2.05, 4.69) is 16.4 Å². The quantitative estimate of drug-likeness (QED) is 0.736. The lowest BCUT2D eigenvalue weighted by Gasteiger charge is -2.54. The topological polar surface area (TPSA) is 122 Å². The number of aliphatic hydroxyl groups excluding tert-OH is 1. The molecule has 1 atom stereocenters. The fourth-order valence-electron chi connectivity index (χ4n) is 5.14. The maximum atomic E-state index is 12.3. The van der Waals surface area contributed by atoms with Gasteiger partial charge >= 0.3 is 6.09 Å². The molecular formula is C24H31N3O5. The van der Waals surface area contributed by atoms with Crippen molar-refractivity contribution in [2.75, 3.05) is 6.61 Å². The van der Waals surface area contributed by atoms with Gasteiger partial charge in [-0.15, -0.1) is 0 Å². The number of carbonyl (C=O) groups excluding carboxylic acids is 2. The third-order valence-electron chi connectivity index (χ3n) is 6.98. The fourth-order valence-corrected chi connectivity index (χ4v) is 5.14. The molecule has 1 amide bonds. The number of nitrogens with one attached hydrogen (secondary N) is 1. The Bertz CT molecular complexity index is 951. The number of ketones is 1. The molecule has 32 heavy (non-hydrogen) atoms. The molecule has 1 saturated carbocycles. The number of aromatic nitrogens is 1. The number of nitrogens with zero attached hydrogens (tertiary/aromatic N) is 2. The molecular weight excluding hydrogens is 410 g/mol. The number of aliphatic hydroxyl groups is 1. The average molecular weight is 442 g/mol. The Kier molecular flexibility index (Phi) is 5.76. The summed E-state index contributed by atoms with van der Waals surface area (Å²) in [7, 11) is 0. The molecule has 2 N–H and O–H groups in total. The van der Waals surface area contributed by atoms with Crippen molar-refractivity contribution in [1.29, 1.82) is 5.26 Å². The lowest BCUT2D eigenvalue weighted by molar-refractivity contribution is -0.206. The third-order valence-corrected chi connectivity index (χ3v) is 6.98. The van der Waals surface area contributed by atoms with E-state index in [-0.39, 0.29) is 18.6 Å². The number of rotatable bonds is 4. The van der Waals surface area contributed by atoms with Gasteiger partial charge in [0, 0.05) is 31.2 Å². The number of amides is 1. The van der Waals surface area contributed by atoms with Crippen molar-refractivity contribution in [1.82, 2.24) is 10.3 Å². The maximum Gasteiger partial charge on any atom is 0.408 e. The van der Waals surface area contributed by atoms with E-state index in [9.17, 15) is 20.0 Å². The van der Waals surface area contributed by atoms with Crippen LogP contribution in [0, 0.1) is 11.3 Å². The highest BCUT2D eigenvalue weighted by atomic mass is 16.6. The van der Waals surface area contributed by atoms with Gasteiger partial charge in [-0.2, -0.15) is 5.26 Å². The number of ether oxygens (including phenoxy) is 2. The molecule has 3 heterocycles. The highest BCUT2D eigenvalue weighted by Crippen LogP contribution is 2.46. The van der Waals surface area contributed by atoms with Crippen molar-refractivity contribution in [3.05, 3.63) is 28.6 Å². The summed E-state index contributed by atoms with van der Waals surface area (Å²) >= 11 is 0. The zero-order valence-corrected chi connectivity index (χ0v) is 19.0. The number of carbonyl (C=O) groups is 2. The first kappa shape index (κ1) is 22.7. The fraction of sp³-hybridized carbons (Fsp3) is 0.667. The first-order chi connectivity index (χ1) is 15.0. The molecule has 1 aromatic heterocycles. The second-order valence-electron chi connectivity index (χ2n) is 10.4. The first-order valence-electron chi connectivity index (χ1n) is 11.3. The Morgan fingerprint density at radius 2 is 2.06 bits per heavy atom. The molecule has 0 radical (unpaired) electrons. The molecule has 172 valence electrons. The van der Waals surface area contributed by atoms with Crippen LogP contribution in [0.5, 0.6) is 0 Å². The Hall–Kier alpha value is -2.50. The number of fused-ring (bicyclic) bond motifs is 4. The molecule has 0 spiro atoms. The average Bonchev–Trinajstić information content (AvgIpc) is 2.73. The summed E-state index contributed by atoms with van der Waals surface area (Å²) in [5.41, 5.74) is 0.976. The van der Waals surface area contributed by atoms with E-state index in [4.69, 9.17) is 9.47 Å². The van der Waals surface area contributed by atoms with Crippen LogP contribution in [0.25, 0.3) is 0 Å². The van der Waals surface area contributed by atoms with Crippen molar-refractivity contribution in [2.45, 2.75) is 95.0 Å². The van der Waals surface area contributed by atoms with Gasteiger partial charge in [0.05, 0.1) is 29.4 Å². The molecule has 2 aliphatic carbocycles. The Balaban J connectivity index is 1.48. The van der Waals surface area contributed by atoms with Crippen molar-refractivity contribution >= 4 is 11.9 Å². The van der Waals surface area contributed by atoms with Gasteiger partial charge in [-0.25, -0.2) is 4.79 Å². The smallest absolute Gasteiger partial charge is 0.408 e. The number of pyridine rings is 1. The summed E-state index contributed by atoms with van der Waals surface area (Å²) in [6, 6.07) is 2.17. The Labute approximate surface area is 188 Å². The molecule has 2 saturated heterocycles. The first-order valence-corrected chi connectivity index (χ1v) is 11.3. The third kappa shape index (κ3) is 4.37. The molecule has 4 aliphatic rings. The molecule has 5 rings (SSSR count). The van der Waals surface area contributed by atoms with Crippen LogP contribution in [0.2, 0.25) is 0 Å². The molecule has 8 heteroatoms. The van der Waals surface area contributed by atoms with Crippen molar-refractivity contribution in [3.63, 3.8) is 0 Å². The molecule has 0 aromatic carbocycles. The number of Topliss-reactive ketones (excluding diaryl/α,β-unsaturated/α-hetero) is 1. The molecule has 2 aliphatic heterocycles. The van der Waals surface area contributed by atoms with Gasteiger partial charge < -0.3 is 19.9 Å². The molecule has 2 bridgehead atoms. The summed E-state index contributed by atoms with van der Waals surface area (Å²) in [4.78, 5) is 28.7. The van der Waals surface area contributed by atoms with Gasteiger partial charge in [0.2, 0.25) is 0 Å². The van der Waals surface area contributed by atoms with Crippen LogP contribution in [-0.2, 0) is 33.5 Å². The van der Waals surface area contributed by atoms with Gasteiger partial charge in [-0.1, -0.05) is 0 Å². The zero-order chi connectivity index (χ0) is 23.1. The second-order valence-corrected chi connectivity index (χ2v) is 10.4. The summed E-state index contributed by atoms with van der Waals surface area (Å²) in [6.45, 7) is 5.78. The minimum atomic E-state index is -0.821. The van der Waals surface area contributed by atoms with E-state index in [0.717, 1.165) is 11.3 Å². The molecule has 1 aromatic rings. The van der Waals surface area contributed by atoms with Gasteiger partial charge in [0.15, 0.2) is 0 Å².